The van der Waals surface area contributed by atoms with Crippen LogP contribution in [0, 0.1) is 0 Å². The van der Waals surface area contributed by atoms with Gasteiger partial charge >= 0.3 is 0 Å². The Morgan fingerprint density at radius 1 is 1.12 bits per heavy atom. The number of nitrogens with zero attached hydrogens (tertiary/aromatic N) is 2. The highest BCUT2D eigenvalue weighted by Gasteiger charge is 2.25. The highest BCUT2D eigenvalue weighted by Crippen LogP contribution is 2.19. The van der Waals surface area contributed by atoms with Gasteiger partial charge in [-0.15, -0.1) is 0 Å². The molecule has 0 bridgehead atoms. The van der Waals surface area contributed by atoms with E-state index >= 15 is 0 Å². The first kappa shape index (κ1) is 17.1. The molecule has 3 rings (SSSR count). The van der Waals surface area contributed by atoms with Gasteiger partial charge < -0.3 is 9.64 Å². The summed E-state index contributed by atoms with van der Waals surface area (Å²) in [5.41, 5.74) is 0.555. The number of ether oxygens (including phenoxy) is 1. The second-order valence-electron chi connectivity index (χ2n) is 6.20. The van der Waals surface area contributed by atoms with Crippen LogP contribution in [0.25, 0.3) is 0 Å². The van der Waals surface area contributed by atoms with Crippen molar-refractivity contribution in [2.45, 2.75) is 31.8 Å². The van der Waals surface area contributed by atoms with Crippen LogP contribution >= 0.6 is 0 Å². The maximum Gasteiger partial charge on any atom is 0.223 e. The number of aromatic nitrogens is 1. The van der Waals surface area contributed by atoms with E-state index in [1.807, 2.05) is 35.2 Å². The molecule has 2 heterocycles. The minimum absolute atomic E-state index is 0.00845. The molecule has 1 unspecified atom stereocenters. The number of benzene rings is 1. The number of amides is 1. The van der Waals surface area contributed by atoms with Crippen molar-refractivity contribution in [1.82, 2.24) is 9.88 Å². The van der Waals surface area contributed by atoms with E-state index in [0.29, 0.717) is 12.1 Å². The summed E-state index contributed by atoms with van der Waals surface area (Å²) in [6.07, 6.45) is 5.47. The van der Waals surface area contributed by atoms with Crippen LogP contribution in [0.3, 0.4) is 0 Å². The summed E-state index contributed by atoms with van der Waals surface area (Å²) in [5.74, 6) is 0.794. The van der Waals surface area contributed by atoms with Gasteiger partial charge in [-0.1, -0.05) is 18.2 Å². The Balaban J connectivity index is 1.49. The van der Waals surface area contributed by atoms with E-state index in [0.717, 1.165) is 25.1 Å². The maximum atomic E-state index is 12.4. The van der Waals surface area contributed by atoms with Crippen LogP contribution in [-0.4, -0.2) is 40.8 Å². The van der Waals surface area contributed by atoms with Crippen LogP contribution < -0.4 is 4.74 Å². The number of piperidine rings is 1. The number of Topliss-reactive ketones (excluding diaryl/α,β-unsaturated/α-hetero) is 1. The van der Waals surface area contributed by atoms with E-state index in [2.05, 4.69) is 4.98 Å². The van der Waals surface area contributed by atoms with E-state index < -0.39 is 0 Å². The van der Waals surface area contributed by atoms with Crippen molar-refractivity contribution >= 4 is 11.7 Å². The Morgan fingerprint density at radius 3 is 2.72 bits per heavy atom. The number of pyridine rings is 1. The number of likely N-dealkylation sites (tertiary alicyclic amines) is 1. The molecule has 130 valence electrons. The van der Waals surface area contributed by atoms with Crippen LogP contribution in [-0.2, 0) is 4.79 Å². The number of carbonyl (C=O) groups is 2. The zero-order valence-electron chi connectivity index (χ0n) is 14.1. The fourth-order valence-electron chi connectivity index (χ4n) is 3.00. The normalized spacial score (nSPS) is 17.1. The fraction of sp³-hybridized carbons (Fsp3) is 0.350. The Kier molecular flexibility index (Phi) is 5.77. The summed E-state index contributed by atoms with van der Waals surface area (Å²) < 4.78 is 5.96. The number of ketones is 1. The summed E-state index contributed by atoms with van der Waals surface area (Å²) in [6.45, 7) is 1.31. The Morgan fingerprint density at radius 2 is 1.96 bits per heavy atom. The van der Waals surface area contributed by atoms with Crippen molar-refractivity contribution in [3.8, 4) is 5.75 Å². The molecule has 0 saturated carbocycles. The van der Waals surface area contributed by atoms with Gasteiger partial charge in [-0.05, 0) is 37.1 Å². The molecule has 0 N–H and O–H groups in total. The highest BCUT2D eigenvalue weighted by molar-refractivity contribution is 5.97. The molecule has 1 aromatic carbocycles. The van der Waals surface area contributed by atoms with Crippen LogP contribution in [0.4, 0.5) is 0 Å². The summed E-state index contributed by atoms with van der Waals surface area (Å²) in [5, 5.41) is 0. The first-order chi connectivity index (χ1) is 12.2. The summed E-state index contributed by atoms with van der Waals surface area (Å²) >= 11 is 0. The van der Waals surface area contributed by atoms with E-state index in [9.17, 15) is 9.59 Å². The molecule has 1 aliphatic heterocycles. The second-order valence-corrected chi connectivity index (χ2v) is 6.20. The van der Waals surface area contributed by atoms with E-state index in [1.165, 1.54) is 6.20 Å². The van der Waals surface area contributed by atoms with Crippen LogP contribution in [0.15, 0.2) is 54.9 Å². The van der Waals surface area contributed by atoms with Crippen molar-refractivity contribution in [1.29, 1.82) is 0 Å². The monoisotopic (exact) mass is 338 g/mol. The molecule has 0 spiro atoms. The van der Waals surface area contributed by atoms with Gasteiger partial charge in [0, 0.05) is 37.3 Å². The Bertz CT molecular complexity index is 703. The minimum Gasteiger partial charge on any atom is -0.489 e. The lowest BCUT2D eigenvalue weighted by Gasteiger charge is -2.33. The molecular weight excluding hydrogens is 316 g/mol. The fourth-order valence-corrected chi connectivity index (χ4v) is 3.00. The summed E-state index contributed by atoms with van der Waals surface area (Å²) in [7, 11) is 0. The van der Waals surface area contributed by atoms with Crippen molar-refractivity contribution in [2.75, 3.05) is 13.1 Å². The number of hydrogen-bond acceptors (Lipinski definition) is 4. The first-order valence-electron chi connectivity index (χ1n) is 8.65. The van der Waals surface area contributed by atoms with Gasteiger partial charge in [0.05, 0.1) is 6.54 Å². The molecule has 0 aliphatic carbocycles. The van der Waals surface area contributed by atoms with Crippen molar-refractivity contribution in [2.24, 2.45) is 0 Å². The zero-order valence-corrected chi connectivity index (χ0v) is 14.1. The van der Waals surface area contributed by atoms with E-state index in [-0.39, 0.29) is 30.6 Å². The summed E-state index contributed by atoms with van der Waals surface area (Å²) in [4.78, 5) is 30.3. The Labute approximate surface area is 147 Å². The van der Waals surface area contributed by atoms with Crippen molar-refractivity contribution < 1.29 is 14.3 Å². The summed E-state index contributed by atoms with van der Waals surface area (Å²) in [6, 6.07) is 13.1. The molecule has 1 amide bonds. The van der Waals surface area contributed by atoms with Gasteiger partial charge in [-0.3, -0.25) is 14.6 Å². The van der Waals surface area contributed by atoms with Crippen molar-refractivity contribution in [3.05, 3.63) is 60.4 Å². The number of rotatable bonds is 6. The van der Waals surface area contributed by atoms with Crippen molar-refractivity contribution in [3.63, 3.8) is 0 Å². The van der Waals surface area contributed by atoms with Gasteiger partial charge in [0.25, 0.3) is 0 Å². The van der Waals surface area contributed by atoms with Gasteiger partial charge in [0.2, 0.25) is 5.91 Å². The molecule has 1 aliphatic rings. The Hall–Kier alpha value is -2.69. The van der Waals surface area contributed by atoms with E-state index in [4.69, 9.17) is 4.74 Å². The van der Waals surface area contributed by atoms with E-state index in [1.54, 1.807) is 18.3 Å². The molecule has 5 nitrogen and oxygen atoms in total. The smallest absolute Gasteiger partial charge is 0.223 e. The molecule has 2 aromatic rings. The second kappa shape index (κ2) is 8.42. The number of para-hydroxylation sites is 1. The molecular formula is C20H22N2O3. The first-order valence-corrected chi connectivity index (χ1v) is 8.65. The molecule has 25 heavy (non-hydrogen) atoms. The zero-order chi connectivity index (χ0) is 17.5. The lowest BCUT2D eigenvalue weighted by atomic mass is 10.1. The molecule has 1 saturated heterocycles. The standard InChI is InChI=1S/C20H22N2O3/c23-19(16-6-4-12-21-14-16)10-11-20(24)22-13-5-9-18(15-22)25-17-7-2-1-3-8-17/h1-4,6-8,12,14,18H,5,9-11,13,15H2. The topological polar surface area (TPSA) is 59.5 Å². The third kappa shape index (κ3) is 4.89. The highest BCUT2D eigenvalue weighted by atomic mass is 16.5. The molecule has 1 fully saturated rings. The number of hydrogen-bond donors (Lipinski definition) is 0. The molecule has 0 radical (unpaired) electrons. The van der Waals surface area contributed by atoms with Crippen LogP contribution in [0.5, 0.6) is 5.75 Å². The third-order valence-corrected chi connectivity index (χ3v) is 4.33. The quantitative estimate of drug-likeness (QED) is 0.759. The van der Waals surface area contributed by atoms with Gasteiger partial charge in [0.15, 0.2) is 5.78 Å². The maximum absolute atomic E-state index is 12.4. The van der Waals surface area contributed by atoms with Crippen LogP contribution in [0.1, 0.15) is 36.0 Å². The number of carbonyl (C=O) groups excluding carboxylic acids is 2. The largest absolute Gasteiger partial charge is 0.489 e. The van der Waals surface area contributed by atoms with Gasteiger partial charge in [-0.25, -0.2) is 0 Å². The lowest BCUT2D eigenvalue weighted by Crippen LogP contribution is -2.44. The van der Waals surface area contributed by atoms with Gasteiger partial charge in [-0.2, -0.15) is 0 Å². The minimum atomic E-state index is -0.0458. The molecule has 1 atom stereocenters. The van der Waals surface area contributed by atoms with Crippen LogP contribution in [0.2, 0.25) is 0 Å². The third-order valence-electron chi connectivity index (χ3n) is 4.33. The molecule has 5 heteroatoms. The SMILES string of the molecule is O=C(CCC(=O)N1CCCC(Oc2ccccc2)C1)c1cccnc1. The predicted octanol–water partition coefficient (Wildman–Crippen LogP) is 3.11. The lowest BCUT2D eigenvalue weighted by molar-refractivity contribution is -0.133. The predicted molar refractivity (Wildman–Crippen MR) is 94.5 cm³/mol. The van der Waals surface area contributed by atoms with Gasteiger partial charge in [0.1, 0.15) is 11.9 Å². The average molecular weight is 338 g/mol. The molecule has 1 aromatic heterocycles. The average Bonchev–Trinajstić information content (AvgIpc) is 2.67.